The fourth-order valence-electron chi connectivity index (χ4n) is 2.89. The molecule has 1 saturated carbocycles. The van der Waals surface area contributed by atoms with Crippen molar-refractivity contribution in [2.24, 2.45) is 11.3 Å². The third-order valence-electron chi connectivity index (χ3n) is 4.35. The van der Waals surface area contributed by atoms with Crippen LogP contribution in [0.3, 0.4) is 0 Å². The third-order valence-corrected chi connectivity index (χ3v) is 4.35. The van der Waals surface area contributed by atoms with Gasteiger partial charge in [-0.2, -0.15) is 0 Å². The van der Waals surface area contributed by atoms with Crippen LogP contribution in [0.1, 0.15) is 32.1 Å². The van der Waals surface area contributed by atoms with Gasteiger partial charge in [0.25, 0.3) is 0 Å². The van der Waals surface area contributed by atoms with Crippen LogP contribution in [0.15, 0.2) is 0 Å². The molecule has 0 spiro atoms. The molecular formula is C14H26N2O2. The number of carbonyl (C=O) groups excluding carboxylic acids is 1. The van der Waals surface area contributed by atoms with Gasteiger partial charge in [0.05, 0.1) is 12.0 Å². The molecule has 1 aliphatic heterocycles. The quantitative estimate of drug-likeness (QED) is 0.776. The second kappa shape index (κ2) is 6.02. The van der Waals surface area contributed by atoms with Crippen molar-refractivity contribution in [3.63, 3.8) is 0 Å². The summed E-state index contributed by atoms with van der Waals surface area (Å²) in [6.45, 7) is 3.31. The Balaban J connectivity index is 1.92. The average molecular weight is 254 g/mol. The predicted molar refractivity (Wildman–Crippen MR) is 71.4 cm³/mol. The lowest BCUT2D eigenvalue weighted by molar-refractivity contribution is -0.146. The van der Waals surface area contributed by atoms with Crippen molar-refractivity contribution >= 4 is 5.91 Å². The van der Waals surface area contributed by atoms with E-state index >= 15 is 0 Å². The molecule has 0 unspecified atom stereocenters. The normalized spacial score (nSPS) is 22.8. The first-order valence-electron chi connectivity index (χ1n) is 7.13. The van der Waals surface area contributed by atoms with Crippen LogP contribution in [0, 0.1) is 11.3 Å². The van der Waals surface area contributed by atoms with Gasteiger partial charge in [0.1, 0.15) is 0 Å². The highest BCUT2D eigenvalue weighted by Gasteiger charge is 2.41. The Morgan fingerprint density at radius 2 is 2.06 bits per heavy atom. The van der Waals surface area contributed by atoms with Crippen LogP contribution in [0.25, 0.3) is 0 Å². The minimum Gasteiger partial charge on any atom is -0.384 e. The summed E-state index contributed by atoms with van der Waals surface area (Å²) in [6.07, 6.45) is 5.68. The van der Waals surface area contributed by atoms with Crippen molar-refractivity contribution in [3.05, 3.63) is 0 Å². The Morgan fingerprint density at radius 1 is 1.39 bits per heavy atom. The number of ether oxygens (including phenoxy) is 1. The van der Waals surface area contributed by atoms with E-state index in [0.717, 1.165) is 38.4 Å². The maximum Gasteiger partial charge on any atom is 0.230 e. The van der Waals surface area contributed by atoms with Gasteiger partial charge in [0.2, 0.25) is 5.91 Å². The number of amides is 1. The number of hydrogen-bond acceptors (Lipinski definition) is 3. The van der Waals surface area contributed by atoms with Gasteiger partial charge in [0.15, 0.2) is 0 Å². The van der Waals surface area contributed by atoms with Crippen LogP contribution < -0.4 is 5.32 Å². The molecule has 4 heteroatoms. The number of piperidine rings is 1. The van der Waals surface area contributed by atoms with Crippen molar-refractivity contribution in [1.29, 1.82) is 0 Å². The van der Waals surface area contributed by atoms with Crippen LogP contribution in [0.2, 0.25) is 0 Å². The molecule has 1 heterocycles. The molecule has 104 valence electrons. The molecule has 1 saturated heterocycles. The zero-order valence-electron chi connectivity index (χ0n) is 11.7. The van der Waals surface area contributed by atoms with Gasteiger partial charge < -0.3 is 15.0 Å². The smallest absolute Gasteiger partial charge is 0.230 e. The first-order valence-corrected chi connectivity index (χ1v) is 7.13. The van der Waals surface area contributed by atoms with E-state index < -0.39 is 0 Å². The Hall–Kier alpha value is -0.610. The van der Waals surface area contributed by atoms with Gasteiger partial charge in [-0.1, -0.05) is 12.8 Å². The number of hydrogen-bond donors (Lipinski definition) is 1. The van der Waals surface area contributed by atoms with Crippen molar-refractivity contribution < 1.29 is 9.53 Å². The number of nitrogens with zero attached hydrogens (tertiary/aromatic N) is 1. The van der Waals surface area contributed by atoms with Crippen LogP contribution in [-0.2, 0) is 9.53 Å². The van der Waals surface area contributed by atoms with E-state index in [1.54, 1.807) is 7.11 Å². The van der Waals surface area contributed by atoms with E-state index in [1.807, 2.05) is 11.9 Å². The Labute approximate surface area is 110 Å². The molecule has 2 rings (SSSR count). The molecule has 4 nitrogen and oxygen atoms in total. The second-order valence-corrected chi connectivity index (χ2v) is 5.92. The summed E-state index contributed by atoms with van der Waals surface area (Å²) in [5, 5.41) is 3.33. The molecule has 1 aliphatic carbocycles. The molecule has 0 aromatic rings. The fourth-order valence-corrected chi connectivity index (χ4v) is 2.89. The van der Waals surface area contributed by atoms with Crippen LogP contribution in [0.4, 0.5) is 0 Å². The molecule has 2 fully saturated rings. The second-order valence-electron chi connectivity index (χ2n) is 5.92. The summed E-state index contributed by atoms with van der Waals surface area (Å²) in [6, 6.07) is 0. The highest BCUT2D eigenvalue weighted by Crippen LogP contribution is 2.34. The number of nitrogens with one attached hydrogen (secondary N) is 1. The molecule has 0 atom stereocenters. The standard InChI is InChI=1S/C14H26N2O2/c1-16(10-5-12-3-4-12)13(17)14(11-18-2)6-8-15-9-7-14/h12,15H,3-11H2,1-2H3. The number of rotatable bonds is 6. The van der Waals surface area contributed by atoms with E-state index in [1.165, 1.54) is 19.3 Å². The maximum atomic E-state index is 12.7. The summed E-state index contributed by atoms with van der Waals surface area (Å²) in [7, 11) is 3.64. The number of methoxy groups -OCH3 is 1. The minimum absolute atomic E-state index is 0.279. The molecular weight excluding hydrogens is 228 g/mol. The predicted octanol–water partition coefficient (Wildman–Crippen LogP) is 1.26. The zero-order chi connectivity index (χ0) is 13.0. The van der Waals surface area contributed by atoms with Gasteiger partial charge in [-0.25, -0.2) is 0 Å². The fraction of sp³-hybridized carbons (Fsp3) is 0.929. The van der Waals surface area contributed by atoms with Crippen LogP contribution in [0.5, 0.6) is 0 Å². The summed E-state index contributed by atoms with van der Waals surface area (Å²) in [5.74, 6) is 1.16. The van der Waals surface area contributed by atoms with E-state index in [4.69, 9.17) is 4.74 Å². The largest absolute Gasteiger partial charge is 0.384 e. The Morgan fingerprint density at radius 3 is 2.61 bits per heavy atom. The first kappa shape index (κ1) is 13.8. The summed E-state index contributed by atoms with van der Waals surface area (Å²) >= 11 is 0. The van der Waals surface area contributed by atoms with Crippen molar-refractivity contribution in [2.45, 2.75) is 32.1 Å². The van der Waals surface area contributed by atoms with E-state index in [0.29, 0.717) is 6.61 Å². The lowest BCUT2D eigenvalue weighted by atomic mass is 9.78. The molecule has 1 amide bonds. The molecule has 0 bridgehead atoms. The van der Waals surface area contributed by atoms with Crippen LogP contribution >= 0.6 is 0 Å². The lowest BCUT2D eigenvalue weighted by Crippen LogP contribution is -2.50. The molecule has 2 aliphatic rings. The first-order chi connectivity index (χ1) is 8.68. The van der Waals surface area contributed by atoms with Gasteiger partial charge >= 0.3 is 0 Å². The molecule has 1 N–H and O–H groups in total. The van der Waals surface area contributed by atoms with Crippen molar-refractivity contribution in [1.82, 2.24) is 10.2 Å². The Bertz CT molecular complexity index is 278. The maximum absolute atomic E-state index is 12.7. The van der Waals surface area contributed by atoms with Gasteiger partial charge in [-0.3, -0.25) is 4.79 Å². The summed E-state index contributed by atoms with van der Waals surface area (Å²) < 4.78 is 5.32. The average Bonchev–Trinajstić information content (AvgIpc) is 3.20. The van der Waals surface area contributed by atoms with Gasteiger partial charge in [-0.05, 0) is 38.3 Å². The summed E-state index contributed by atoms with van der Waals surface area (Å²) in [5.41, 5.74) is -0.279. The Kier molecular flexibility index (Phi) is 4.62. The van der Waals surface area contributed by atoms with E-state index in [-0.39, 0.29) is 11.3 Å². The zero-order valence-corrected chi connectivity index (χ0v) is 11.7. The number of carbonyl (C=O) groups is 1. The van der Waals surface area contributed by atoms with Gasteiger partial charge in [0, 0.05) is 20.7 Å². The van der Waals surface area contributed by atoms with Crippen LogP contribution in [-0.4, -0.2) is 51.2 Å². The molecule has 0 aromatic heterocycles. The molecule has 0 aromatic carbocycles. The minimum atomic E-state index is -0.279. The SMILES string of the molecule is COCC1(C(=O)N(C)CCC2CC2)CCNCC1. The third kappa shape index (κ3) is 3.23. The molecule has 0 radical (unpaired) electrons. The van der Waals surface area contributed by atoms with E-state index in [2.05, 4.69) is 5.32 Å². The van der Waals surface area contributed by atoms with E-state index in [9.17, 15) is 4.79 Å². The summed E-state index contributed by atoms with van der Waals surface area (Å²) in [4.78, 5) is 14.6. The van der Waals surface area contributed by atoms with Crippen molar-refractivity contribution in [3.8, 4) is 0 Å². The monoisotopic (exact) mass is 254 g/mol. The highest BCUT2D eigenvalue weighted by atomic mass is 16.5. The molecule has 18 heavy (non-hydrogen) atoms. The van der Waals surface area contributed by atoms with Gasteiger partial charge in [-0.15, -0.1) is 0 Å². The topological polar surface area (TPSA) is 41.6 Å². The van der Waals surface area contributed by atoms with Crippen molar-refractivity contribution in [2.75, 3.05) is 40.4 Å². The highest BCUT2D eigenvalue weighted by molar-refractivity contribution is 5.82. The lowest BCUT2D eigenvalue weighted by Gasteiger charge is -2.38.